The first-order chi connectivity index (χ1) is 13.9. The number of oxime groups is 1. The Morgan fingerprint density at radius 3 is 1.97 bits per heavy atom. The molecule has 2 aromatic carbocycles. The lowest BCUT2D eigenvalue weighted by Crippen LogP contribution is -2.15. The van der Waals surface area contributed by atoms with E-state index in [1.165, 1.54) is 0 Å². The van der Waals surface area contributed by atoms with Crippen LogP contribution in [0.15, 0.2) is 53.7 Å². The van der Waals surface area contributed by atoms with Gasteiger partial charge in [-0.25, -0.2) is 4.79 Å². The van der Waals surface area contributed by atoms with Gasteiger partial charge in [-0.2, -0.15) is 0 Å². The molecule has 0 fully saturated rings. The van der Waals surface area contributed by atoms with Crippen LogP contribution in [0.2, 0.25) is 10.0 Å². The van der Waals surface area contributed by atoms with Gasteiger partial charge in [0.05, 0.1) is 13.2 Å². The summed E-state index contributed by atoms with van der Waals surface area (Å²) in [5.41, 5.74) is 0.240. The van der Waals surface area contributed by atoms with E-state index in [1.807, 2.05) is 0 Å². The average Bonchev–Trinajstić information content (AvgIpc) is 2.69. The maximum Gasteiger partial charge on any atom is 0.383 e. The molecule has 0 aliphatic heterocycles. The van der Waals surface area contributed by atoms with Crippen LogP contribution in [0.4, 0.5) is 0 Å². The van der Waals surface area contributed by atoms with Crippen molar-refractivity contribution >= 4 is 42.2 Å². The summed E-state index contributed by atoms with van der Waals surface area (Å²) < 4.78 is 29.1. The molecule has 7 nitrogen and oxygen atoms in total. The highest BCUT2D eigenvalue weighted by Crippen LogP contribution is 2.51. The third-order valence-corrected chi connectivity index (χ3v) is 5.92. The van der Waals surface area contributed by atoms with Gasteiger partial charge in [-0.3, -0.25) is 4.57 Å². The van der Waals surface area contributed by atoms with Crippen LogP contribution >= 0.6 is 30.8 Å². The molecule has 0 spiro atoms. The molecule has 0 N–H and O–H groups in total. The molecule has 0 unspecified atom stereocenters. The summed E-state index contributed by atoms with van der Waals surface area (Å²) in [6, 6.07) is 12.8. The molecule has 2 rings (SSSR count). The van der Waals surface area contributed by atoms with Gasteiger partial charge in [-0.15, -0.1) is 0 Å². The van der Waals surface area contributed by atoms with E-state index in [9.17, 15) is 9.36 Å². The smallest absolute Gasteiger partial charge is 0.383 e. The van der Waals surface area contributed by atoms with Gasteiger partial charge in [0.25, 0.3) is 0 Å². The predicted molar refractivity (Wildman–Crippen MR) is 112 cm³/mol. The molecule has 0 aliphatic rings. The quantitative estimate of drug-likeness (QED) is 0.200. The van der Waals surface area contributed by atoms with Crippen LogP contribution in [0.5, 0.6) is 5.75 Å². The Labute approximate surface area is 179 Å². The number of ether oxygens (including phenoxy) is 1. The summed E-state index contributed by atoms with van der Waals surface area (Å²) in [7, 11) is -3.83. The van der Waals surface area contributed by atoms with Gasteiger partial charge in [0.2, 0.25) is 0 Å². The summed E-state index contributed by atoms with van der Waals surface area (Å²) in [4.78, 5) is 16.9. The number of carbonyl (C=O) groups is 1. The SMILES string of the molecule is CCOP(=O)(OCC)C(=NOC(=O)COc1ccc(Cl)cc1)c1ccc(Cl)cc1. The lowest BCUT2D eigenvalue weighted by atomic mass is 10.2. The maximum atomic E-state index is 13.2. The molecule has 0 heterocycles. The number of halogens is 2. The molecule has 0 aromatic heterocycles. The molecule has 0 bridgehead atoms. The fourth-order valence-corrected chi connectivity index (χ4v) is 4.01. The van der Waals surface area contributed by atoms with Gasteiger partial charge in [0.15, 0.2) is 12.1 Å². The lowest BCUT2D eigenvalue weighted by Gasteiger charge is -2.18. The Kier molecular flexibility index (Phi) is 9.14. The zero-order valence-corrected chi connectivity index (χ0v) is 18.2. The highest BCUT2D eigenvalue weighted by Gasteiger charge is 2.34. The van der Waals surface area contributed by atoms with E-state index < -0.39 is 20.2 Å². The van der Waals surface area contributed by atoms with Crippen molar-refractivity contribution in [2.45, 2.75) is 13.8 Å². The molecular weight excluding hydrogens is 440 g/mol. The second kappa shape index (κ2) is 11.3. The molecule has 0 aliphatic carbocycles. The van der Waals surface area contributed by atoms with E-state index in [2.05, 4.69) is 5.16 Å². The number of benzene rings is 2. The molecule has 0 atom stereocenters. The zero-order chi connectivity index (χ0) is 21.3. The first kappa shape index (κ1) is 23.4. The van der Waals surface area contributed by atoms with E-state index >= 15 is 0 Å². The highest BCUT2D eigenvalue weighted by atomic mass is 35.5. The standard InChI is InChI=1S/C19H20Cl2NO6P/c1-3-26-29(24,27-4-2)19(14-5-7-15(20)8-6-14)22-28-18(23)13-25-17-11-9-16(21)10-12-17/h5-12H,3-4,13H2,1-2H3. The number of carbonyl (C=O) groups excluding carboxylic acids is 1. The van der Waals surface area contributed by atoms with Crippen LogP contribution in [-0.4, -0.2) is 31.2 Å². The van der Waals surface area contributed by atoms with Crippen molar-refractivity contribution in [2.24, 2.45) is 5.16 Å². The molecule has 156 valence electrons. The van der Waals surface area contributed by atoms with E-state index in [1.54, 1.807) is 62.4 Å². The van der Waals surface area contributed by atoms with Crippen molar-refractivity contribution in [3.05, 3.63) is 64.1 Å². The number of hydrogen-bond acceptors (Lipinski definition) is 7. The minimum Gasteiger partial charge on any atom is -0.482 e. The second-order valence-electron chi connectivity index (χ2n) is 5.46. The van der Waals surface area contributed by atoms with Crippen LogP contribution in [0.25, 0.3) is 0 Å². The first-order valence-corrected chi connectivity index (χ1v) is 11.0. The van der Waals surface area contributed by atoms with Gasteiger partial charge in [0.1, 0.15) is 5.75 Å². The molecule has 29 heavy (non-hydrogen) atoms. The van der Waals surface area contributed by atoms with Crippen molar-refractivity contribution in [1.29, 1.82) is 0 Å². The van der Waals surface area contributed by atoms with Crippen LogP contribution in [-0.2, 0) is 23.2 Å². The third-order valence-electron chi connectivity index (χ3n) is 3.36. The Morgan fingerprint density at radius 2 is 1.45 bits per heavy atom. The van der Waals surface area contributed by atoms with Crippen molar-refractivity contribution in [3.8, 4) is 5.75 Å². The first-order valence-electron chi connectivity index (χ1n) is 8.69. The van der Waals surface area contributed by atoms with Crippen LogP contribution in [0.3, 0.4) is 0 Å². The third kappa shape index (κ3) is 7.14. The normalized spacial score (nSPS) is 11.9. The zero-order valence-electron chi connectivity index (χ0n) is 15.8. The summed E-state index contributed by atoms with van der Waals surface area (Å²) in [5, 5.41) is 4.79. The molecule has 2 aromatic rings. The maximum absolute atomic E-state index is 13.2. The predicted octanol–water partition coefficient (Wildman–Crippen LogP) is 5.54. The topological polar surface area (TPSA) is 83.4 Å². The fourth-order valence-electron chi connectivity index (χ4n) is 2.15. The molecule has 10 heteroatoms. The minimum absolute atomic E-state index is 0.109. The molecule has 0 radical (unpaired) electrons. The number of nitrogens with zero attached hydrogens (tertiary/aromatic N) is 1. The monoisotopic (exact) mass is 459 g/mol. The Bertz CT molecular complexity index is 877. The van der Waals surface area contributed by atoms with Crippen molar-refractivity contribution < 1.29 is 28.0 Å². The molecule has 0 saturated heterocycles. The summed E-state index contributed by atoms with van der Waals surface area (Å²) in [6.45, 7) is 3.13. The Balaban J connectivity index is 2.19. The summed E-state index contributed by atoms with van der Waals surface area (Å²) in [6.07, 6.45) is 0. The minimum atomic E-state index is -3.83. The Morgan fingerprint density at radius 1 is 0.931 bits per heavy atom. The number of hydrogen-bond donors (Lipinski definition) is 0. The summed E-state index contributed by atoms with van der Waals surface area (Å²) in [5.74, 6) is -0.367. The van der Waals surface area contributed by atoms with Crippen LogP contribution in [0.1, 0.15) is 19.4 Å². The van der Waals surface area contributed by atoms with E-state index in [-0.39, 0.29) is 18.7 Å². The van der Waals surface area contributed by atoms with Gasteiger partial charge >= 0.3 is 13.6 Å². The summed E-state index contributed by atoms with van der Waals surface area (Å²) >= 11 is 11.7. The molecule has 0 amide bonds. The molecular formula is C19H20Cl2NO6P. The van der Waals surface area contributed by atoms with Gasteiger partial charge in [-0.05, 0) is 50.2 Å². The van der Waals surface area contributed by atoms with E-state index in [4.69, 9.17) is 41.8 Å². The fraction of sp³-hybridized carbons (Fsp3) is 0.263. The largest absolute Gasteiger partial charge is 0.482 e. The van der Waals surface area contributed by atoms with E-state index in [0.29, 0.717) is 21.4 Å². The number of rotatable bonds is 10. The van der Waals surface area contributed by atoms with Gasteiger partial charge in [-0.1, -0.05) is 40.5 Å². The second-order valence-corrected chi connectivity index (χ2v) is 8.27. The highest BCUT2D eigenvalue weighted by molar-refractivity contribution is 7.73. The average molecular weight is 460 g/mol. The van der Waals surface area contributed by atoms with Crippen LogP contribution < -0.4 is 4.74 Å². The van der Waals surface area contributed by atoms with E-state index in [0.717, 1.165) is 0 Å². The van der Waals surface area contributed by atoms with Gasteiger partial charge in [0, 0.05) is 15.6 Å². The van der Waals surface area contributed by atoms with Crippen molar-refractivity contribution in [2.75, 3.05) is 19.8 Å². The van der Waals surface area contributed by atoms with Crippen molar-refractivity contribution in [3.63, 3.8) is 0 Å². The van der Waals surface area contributed by atoms with Crippen LogP contribution in [0, 0.1) is 0 Å². The van der Waals surface area contributed by atoms with Crippen molar-refractivity contribution in [1.82, 2.24) is 0 Å². The molecule has 0 saturated carbocycles. The van der Waals surface area contributed by atoms with Gasteiger partial charge < -0.3 is 18.6 Å². The lowest BCUT2D eigenvalue weighted by molar-refractivity contribution is -0.145. The Hall–Kier alpha value is -1.89.